The van der Waals surface area contributed by atoms with E-state index in [1.165, 1.54) is 0 Å². The maximum absolute atomic E-state index is 11.9. The summed E-state index contributed by atoms with van der Waals surface area (Å²) in [6.07, 6.45) is 2.41. The Morgan fingerprint density at radius 1 is 1.00 bits per heavy atom. The second-order valence-electron chi connectivity index (χ2n) is 6.14. The Kier molecular flexibility index (Phi) is 7.66. The number of rotatable bonds is 10. The molecule has 2 aromatic carbocycles. The predicted octanol–water partition coefficient (Wildman–Crippen LogP) is 3.70. The van der Waals surface area contributed by atoms with Crippen LogP contribution >= 0.6 is 0 Å². The van der Waals surface area contributed by atoms with Crippen LogP contribution in [-0.4, -0.2) is 25.8 Å². The molecule has 0 saturated carbocycles. The average Bonchev–Trinajstić information content (AvgIpc) is 2.61. The van der Waals surface area contributed by atoms with Crippen molar-refractivity contribution in [3.05, 3.63) is 60.2 Å². The molecule has 140 valence electrons. The largest absolute Gasteiger partial charge is 0.457 e. The van der Waals surface area contributed by atoms with Crippen LogP contribution in [0.3, 0.4) is 0 Å². The molecule has 0 aliphatic carbocycles. The van der Waals surface area contributed by atoms with E-state index in [1.54, 1.807) is 0 Å². The SMILES string of the molecule is CCCCCS(=O)(=O)CC(=O)NCc1cccc(Oc2ccccc2)c1. The number of carbonyl (C=O) groups is 1. The number of carbonyl (C=O) groups excluding carboxylic acids is 1. The molecule has 2 rings (SSSR count). The Bertz CT molecular complexity index is 804. The zero-order valence-corrected chi connectivity index (χ0v) is 15.8. The first-order valence-electron chi connectivity index (χ1n) is 8.77. The van der Waals surface area contributed by atoms with Gasteiger partial charge in [-0.25, -0.2) is 8.42 Å². The first-order valence-corrected chi connectivity index (χ1v) is 10.6. The molecule has 5 nitrogen and oxygen atoms in total. The van der Waals surface area contributed by atoms with Crippen LogP contribution in [0, 0.1) is 0 Å². The van der Waals surface area contributed by atoms with E-state index in [0.717, 1.165) is 24.2 Å². The zero-order valence-electron chi connectivity index (χ0n) is 15.0. The highest BCUT2D eigenvalue weighted by atomic mass is 32.2. The van der Waals surface area contributed by atoms with Gasteiger partial charge >= 0.3 is 0 Å². The summed E-state index contributed by atoms with van der Waals surface area (Å²) in [7, 11) is -3.34. The minimum atomic E-state index is -3.34. The molecule has 1 N–H and O–H groups in total. The number of sulfone groups is 1. The van der Waals surface area contributed by atoms with E-state index in [-0.39, 0.29) is 12.3 Å². The van der Waals surface area contributed by atoms with E-state index >= 15 is 0 Å². The fraction of sp³-hybridized carbons (Fsp3) is 0.350. The van der Waals surface area contributed by atoms with Crippen LogP contribution in [0.5, 0.6) is 11.5 Å². The van der Waals surface area contributed by atoms with Gasteiger partial charge in [0.05, 0.1) is 5.75 Å². The molecule has 0 saturated heterocycles. The van der Waals surface area contributed by atoms with E-state index in [9.17, 15) is 13.2 Å². The minimum Gasteiger partial charge on any atom is -0.457 e. The van der Waals surface area contributed by atoms with Gasteiger partial charge in [-0.15, -0.1) is 0 Å². The van der Waals surface area contributed by atoms with Crippen molar-refractivity contribution in [2.45, 2.75) is 32.7 Å². The first kappa shape index (κ1) is 20.0. The number of benzene rings is 2. The third-order valence-corrected chi connectivity index (χ3v) is 5.39. The van der Waals surface area contributed by atoms with Crippen molar-refractivity contribution in [2.24, 2.45) is 0 Å². The highest BCUT2D eigenvalue weighted by Gasteiger charge is 2.16. The van der Waals surface area contributed by atoms with Gasteiger partial charge in [0, 0.05) is 6.54 Å². The van der Waals surface area contributed by atoms with Gasteiger partial charge < -0.3 is 10.1 Å². The quantitative estimate of drug-likeness (QED) is 0.643. The topological polar surface area (TPSA) is 72.5 Å². The van der Waals surface area contributed by atoms with Gasteiger partial charge in [-0.2, -0.15) is 0 Å². The van der Waals surface area contributed by atoms with Crippen LogP contribution in [0.2, 0.25) is 0 Å². The lowest BCUT2D eigenvalue weighted by atomic mass is 10.2. The fourth-order valence-electron chi connectivity index (χ4n) is 2.44. The van der Waals surface area contributed by atoms with Gasteiger partial charge in [0.1, 0.15) is 17.3 Å². The molecule has 1 amide bonds. The summed E-state index contributed by atoms with van der Waals surface area (Å²) < 4.78 is 29.6. The molecule has 0 unspecified atom stereocenters. The van der Waals surface area contributed by atoms with E-state index < -0.39 is 21.5 Å². The number of para-hydroxylation sites is 1. The molecule has 2 aromatic rings. The number of unbranched alkanes of at least 4 members (excludes halogenated alkanes) is 2. The molecule has 26 heavy (non-hydrogen) atoms. The Balaban J connectivity index is 1.85. The molecular weight excluding hydrogens is 350 g/mol. The zero-order chi connectivity index (χ0) is 18.8. The minimum absolute atomic E-state index is 0.0641. The van der Waals surface area contributed by atoms with Crippen LogP contribution in [0.4, 0.5) is 0 Å². The highest BCUT2D eigenvalue weighted by molar-refractivity contribution is 7.92. The Hall–Kier alpha value is -2.34. The van der Waals surface area contributed by atoms with Crippen LogP contribution in [0.1, 0.15) is 31.7 Å². The molecule has 0 radical (unpaired) electrons. The lowest BCUT2D eigenvalue weighted by Crippen LogP contribution is -2.30. The molecule has 6 heteroatoms. The van der Waals surface area contributed by atoms with Gasteiger partial charge in [0.25, 0.3) is 0 Å². The van der Waals surface area contributed by atoms with E-state index in [1.807, 2.05) is 61.5 Å². The molecule has 0 bridgehead atoms. The number of ether oxygens (including phenoxy) is 1. The lowest BCUT2D eigenvalue weighted by molar-refractivity contribution is -0.118. The molecule has 0 spiro atoms. The van der Waals surface area contributed by atoms with Crippen molar-refractivity contribution in [3.63, 3.8) is 0 Å². The normalized spacial score (nSPS) is 11.1. The highest BCUT2D eigenvalue weighted by Crippen LogP contribution is 2.21. The van der Waals surface area contributed by atoms with Crippen molar-refractivity contribution in [1.29, 1.82) is 0 Å². The molecule has 0 atom stereocenters. The standard InChI is InChI=1S/C20H25NO4S/c1-2-3-7-13-26(23,24)16-20(22)21-15-17-9-8-12-19(14-17)25-18-10-5-4-6-11-18/h4-6,8-12,14H,2-3,7,13,15-16H2,1H3,(H,21,22). The van der Waals surface area contributed by atoms with E-state index in [2.05, 4.69) is 5.32 Å². The van der Waals surface area contributed by atoms with Crippen molar-refractivity contribution >= 4 is 15.7 Å². The number of hydrogen-bond donors (Lipinski definition) is 1. The summed E-state index contributed by atoms with van der Waals surface area (Å²) in [4.78, 5) is 11.9. The lowest BCUT2D eigenvalue weighted by Gasteiger charge is -2.09. The second-order valence-corrected chi connectivity index (χ2v) is 8.32. The van der Waals surface area contributed by atoms with Crippen molar-refractivity contribution in [3.8, 4) is 11.5 Å². The Labute approximate surface area is 155 Å². The van der Waals surface area contributed by atoms with Crippen LogP contribution in [-0.2, 0) is 21.2 Å². The van der Waals surface area contributed by atoms with Crippen LogP contribution < -0.4 is 10.1 Å². The number of amides is 1. The van der Waals surface area contributed by atoms with Gasteiger partial charge in [0.2, 0.25) is 5.91 Å². The monoisotopic (exact) mass is 375 g/mol. The third kappa shape index (κ3) is 7.27. The third-order valence-electron chi connectivity index (χ3n) is 3.78. The molecule has 0 aliphatic rings. The van der Waals surface area contributed by atoms with Gasteiger partial charge in [-0.1, -0.05) is 50.1 Å². The predicted molar refractivity (Wildman–Crippen MR) is 103 cm³/mol. The number of nitrogens with one attached hydrogen (secondary N) is 1. The maximum Gasteiger partial charge on any atom is 0.235 e. The summed E-state index contributed by atoms with van der Waals surface area (Å²) in [6.45, 7) is 2.27. The Morgan fingerprint density at radius 2 is 1.73 bits per heavy atom. The molecular formula is C20H25NO4S. The first-order chi connectivity index (χ1) is 12.5. The van der Waals surface area contributed by atoms with Gasteiger partial charge in [-0.3, -0.25) is 4.79 Å². The molecule has 0 aromatic heterocycles. The van der Waals surface area contributed by atoms with Crippen molar-refractivity contribution < 1.29 is 17.9 Å². The van der Waals surface area contributed by atoms with E-state index in [4.69, 9.17) is 4.74 Å². The second kappa shape index (κ2) is 9.97. The van der Waals surface area contributed by atoms with Crippen LogP contribution in [0.15, 0.2) is 54.6 Å². The maximum atomic E-state index is 11.9. The average molecular weight is 375 g/mol. The van der Waals surface area contributed by atoms with Crippen molar-refractivity contribution in [2.75, 3.05) is 11.5 Å². The molecule has 0 aliphatic heterocycles. The number of hydrogen-bond acceptors (Lipinski definition) is 4. The van der Waals surface area contributed by atoms with Crippen LogP contribution in [0.25, 0.3) is 0 Å². The van der Waals surface area contributed by atoms with Gasteiger partial charge in [0.15, 0.2) is 9.84 Å². The summed E-state index contributed by atoms with van der Waals surface area (Å²) in [5, 5.41) is 2.66. The van der Waals surface area contributed by atoms with Crippen molar-refractivity contribution in [1.82, 2.24) is 5.32 Å². The summed E-state index contributed by atoms with van der Waals surface area (Å²) in [6, 6.07) is 16.8. The van der Waals surface area contributed by atoms with E-state index in [0.29, 0.717) is 12.2 Å². The Morgan fingerprint density at radius 3 is 2.46 bits per heavy atom. The summed E-state index contributed by atoms with van der Waals surface area (Å²) in [5.41, 5.74) is 0.843. The fourth-order valence-corrected chi connectivity index (χ4v) is 3.73. The summed E-state index contributed by atoms with van der Waals surface area (Å²) in [5.74, 6) is 0.517. The molecule has 0 heterocycles. The molecule has 0 fully saturated rings. The smallest absolute Gasteiger partial charge is 0.235 e. The summed E-state index contributed by atoms with van der Waals surface area (Å²) >= 11 is 0. The van der Waals surface area contributed by atoms with Gasteiger partial charge in [-0.05, 0) is 36.2 Å².